The molecule has 0 aromatic heterocycles. The largest absolute Gasteiger partial charge is 0.273 e. The zero-order chi connectivity index (χ0) is 14.7. The maximum atomic E-state index is 12.8. The van der Waals surface area contributed by atoms with Crippen molar-refractivity contribution >= 4 is 12.1 Å². The summed E-state index contributed by atoms with van der Waals surface area (Å²) in [4.78, 5) is 12.8. The van der Waals surface area contributed by atoms with Crippen molar-refractivity contribution in [1.29, 1.82) is 0 Å². The van der Waals surface area contributed by atoms with E-state index in [1.165, 1.54) is 44.9 Å². The molecule has 1 N–H and O–H groups in total. The van der Waals surface area contributed by atoms with E-state index in [2.05, 4.69) is 16.7 Å². The average molecular weight is 300 g/mol. The molecule has 0 heterocycles. The van der Waals surface area contributed by atoms with Crippen LogP contribution in [0.25, 0.3) is 0 Å². The average Bonchev–Trinajstić information content (AvgIpc) is 3.08. The highest BCUT2D eigenvalue weighted by Crippen LogP contribution is 2.60. The summed E-state index contributed by atoms with van der Waals surface area (Å²) < 4.78 is 0. The molecular weight excluding hydrogens is 272 g/mol. The first-order valence-electron chi connectivity index (χ1n) is 9.54. The Hall–Kier alpha value is -0.860. The third-order valence-electron chi connectivity index (χ3n) is 7.74. The number of hydrogen-bond acceptors (Lipinski definition) is 2. The Morgan fingerprint density at radius 2 is 1.59 bits per heavy atom. The molecule has 6 saturated carbocycles. The molecule has 6 rings (SSSR count). The van der Waals surface area contributed by atoms with Gasteiger partial charge < -0.3 is 0 Å². The number of fused-ring (bicyclic) bond motifs is 2. The summed E-state index contributed by atoms with van der Waals surface area (Å²) in [7, 11) is 0. The number of nitrogens with one attached hydrogen (secondary N) is 1. The van der Waals surface area contributed by atoms with Gasteiger partial charge in [-0.15, -0.1) is 0 Å². The van der Waals surface area contributed by atoms with Gasteiger partial charge in [-0.2, -0.15) is 5.10 Å². The van der Waals surface area contributed by atoms with E-state index < -0.39 is 0 Å². The molecule has 0 aromatic carbocycles. The smallest absolute Gasteiger partial charge is 0.246 e. The summed E-state index contributed by atoms with van der Waals surface area (Å²) in [5.41, 5.74) is 2.90. The van der Waals surface area contributed by atoms with Crippen molar-refractivity contribution in [2.45, 2.75) is 64.2 Å². The zero-order valence-corrected chi connectivity index (χ0v) is 13.5. The van der Waals surface area contributed by atoms with Crippen LogP contribution in [0.1, 0.15) is 64.2 Å². The van der Waals surface area contributed by atoms with Crippen LogP contribution in [0.2, 0.25) is 0 Å². The van der Waals surface area contributed by atoms with Gasteiger partial charge in [0, 0.05) is 6.21 Å². The Morgan fingerprint density at radius 1 is 0.909 bits per heavy atom. The molecule has 6 aliphatic rings. The quantitative estimate of drug-likeness (QED) is 0.626. The summed E-state index contributed by atoms with van der Waals surface area (Å²) in [6.07, 6.45) is 15.2. The highest BCUT2D eigenvalue weighted by Gasteiger charge is 2.54. The fourth-order valence-corrected chi connectivity index (χ4v) is 7.18. The lowest BCUT2D eigenvalue weighted by atomic mass is 9.49. The van der Waals surface area contributed by atoms with Crippen LogP contribution >= 0.6 is 0 Å². The fourth-order valence-electron chi connectivity index (χ4n) is 7.18. The Bertz CT molecular complexity index is 476. The molecule has 0 aliphatic heterocycles. The molecule has 120 valence electrons. The molecular formula is C19H28N2O. The van der Waals surface area contributed by atoms with E-state index >= 15 is 0 Å². The minimum absolute atomic E-state index is 0.0548. The number of hydrazone groups is 1. The molecule has 6 bridgehead atoms. The van der Waals surface area contributed by atoms with Crippen molar-refractivity contribution in [3.8, 4) is 0 Å². The van der Waals surface area contributed by atoms with E-state index in [0.29, 0.717) is 5.92 Å². The van der Waals surface area contributed by atoms with Crippen LogP contribution < -0.4 is 5.43 Å². The molecule has 6 aliphatic carbocycles. The molecule has 0 radical (unpaired) electrons. The van der Waals surface area contributed by atoms with Crippen molar-refractivity contribution in [1.82, 2.24) is 5.43 Å². The maximum Gasteiger partial charge on any atom is 0.246 e. The third-order valence-corrected chi connectivity index (χ3v) is 7.74. The molecule has 0 spiro atoms. The number of rotatable bonds is 3. The van der Waals surface area contributed by atoms with E-state index in [4.69, 9.17) is 0 Å². The summed E-state index contributed by atoms with van der Waals surface area (Å²) in [6.45, 7) is 0. The van der Waals surface area contributed by atoms with Gasteiger partial charge in [0.15, 0.2) is 0 Å². The lowest BCUT2D eigenvalue weighted by Crippen LogP contribution is -2.52. The van der Waals surface area contributed by atoms with Crippen molar-refractivity contribution in [3.05, 3.63) is 0 Å². The third kappa shape index (κ3) is 2.07. The van der Waals surface area contributed by atoms with Crippen LogP contribution in [0.3, 0.4) is 0 Å². The number of amides is 1. The van der Waals surface area contributed by atoms with E-state index in [0.717, 1.165) is 48.9 Å². The first-order valence-corrected chi connectivity index (χ1v) is 9.54. The van der Waals surface area contributed by atoms with Crippen molar-refractivity contribution in [3.63, 3.8) is 0 Å². The monoisotopic (exact) mass is 300 g/mol. The predicted octanol–water partition coefficient (Wildman–Crippen LogP) is 3.74. The lowest BCUT2D eigenvalue weighted by Gasteiger charge is -2.55. The molecule has 0 unspecified atom stereocenters. The summed E-state index contributed by atoms with van der Waals surface area (Å²) in [5.74, 6) is 5.15. The van der Waals surface area contributed by atoms with Gasteiger partial charge in [0.2, 0.25) is 5.91 Å². The maximum absolute atomic E-state index is 12.8. The Labute approximate surface area is 133 Å². The van der Waals surface area contributed by atoms with Gasteiger partial charge in [-0.05, 0) is 93.3 Å². The normalized spacial score (nSPS) is 51.8. The van der Waals surface area contributed by atoms with E-state index in [-0.39, 0.29) is 11.3 Å². The molecule has 0 aromatic rings. The second-order valence-corrected chi connectivity index (χ2v) is 9.26. The van der Waals surface area contributed by atoms with Gasteiger partial charge >= 0.3 is 0 Å². The second kappa shape index (κ2) is 4.82. The predicted molar refractivity (Wildman–Crippen MR) is 86.2 cm³/mol. The van der Waals surface area contributed by atoms with Crippen LogP contribution in [-0.4, -0.2) is 12.1 Å². The Kier molecular flexibility index (Phi) is 2.97. The van der Waals surface area contributed by atoms with Gasteiger partial charge in [-0.3, -0.25) is 4.79 Å². The summed E-state index contributed by atoms with van der Waals surface area (Å²) in [5, 5.41) is 4.40. The van der Waals surface area contributed by atoms with Gasteiger partial charge in [0.1, 0.15) is 0 Å². The zero-order valence-electron chi connectivity index (χ0n) is 13.5. The van der Waals surface area contributed by atoms with E-state index in [9.17, 15) is 4.79 Å². The van der Waals surface area contributed by atoms with Gasteiger partial charge in [-0.1, -0.05) is 6.42 Å². The van der Waals surface area contributed by atoms with Crippen molar-refractivity contribution in [2.75, 3.05) is 0 Å². The first-order chi connectivity index (χ1) is 10.7. The fraction of sp³-hybridized carbons (Fsp3) is 0.895. The van der Waals surface area contributed by atoms with Crippen LogP contribution in [0.15, 0.2) is 5.10 Å². The van der Waals surface area contributed by atoms with Crippen LogP contribution in [0.5, 0.6) is 0 Å². The lowest BCUT2D eigenvalue weighted by molar-refractivity contribution is -0.146. The number of hydrogen-bond donors (Lipinski definition) is 1. The summed E-state index contributed by atoms with van der Waals surface area (Å²) >= 11 is 0. The molecule has 3 nitrogen and oxygen atoms in total. The minimum Gasteiger partial charge on any atom is -0.273 e. The molecule has 3 atom stereocenters. The molecule has 6 fully saturated rings. The first kappa shape index (κ1) is 13.6. The van der Waals surface area contributed by atoms with E-state index in [1.54, 1.807) is 0 Å². The number of carbonyl (C=O) groups excluding carboxylic acids is 1. The molecule has 3 heteroatoms. The second-order valence-electron chi connectivity index (χ2n) is 9.26. The van der Waals surface area contributed by atoms with Crippen molar-refractivity contribution < 1.29 is 4.79 Å². The number of carbonyl (C=O) groups is 1. The number of nitrogens with zero attached hydrogens (tertiary/aromatic N) is 1. The van der Waals surface area contributed by atoms with Crippen molar-refractivity contribution in [2.24, 2.45) is 46.0 Å². The standard InChI is InChI=1S/C19H28N2O/c22-18(21-20-11-17-7-12-1-2-16(17)6-12)19-8-13-3-14(9-19)5-15(4-13)10-19/h11-17H,1-10H2,(H,21,22)/b20-11-/t12-,13?,14?,15?,16+,17-,19?/m0/s1. The molecule has 0 saturated heterocycles. The van der Waals surface area contributed by atoms with Gasteiger partial charge in [0.25, 0.3) is 0 Å². The molecule has 22 heavy (non-hydrogen) atoms. The van der Waals surface area contributed by atoms with Gasteiger partial charge in [0.05, 0.1) is 5.41 Å². The topological polar surface area (TPSA) is 41.5 Å². The van der Waals surface area contributed by atoms with Crippen LogP contribution in [-0.2, 0) is 4.79 Å². The highest BCUT2D eigenvalue weighted by molar-refractivity contribution is 5.83. The summed E-state index contributed by atoms with van der Waals surface area (Å²) in [6, 6.07) is 0. The Morgan fingerprint density at radius 3 is 2.14 bits per heavy atom. The minimum atomic E-state index is -0.0548. The Balaban J connectivity index is 1.24. The van der Waals surface area contributed by atoms with Gasteiger partial charge in [-0.25, -0.2) is 5.43 Å². The highest BCUT2D eigenvalue weighted by atomic mass is 16.2. The SMILES string of the molecule is O=C(N/N=C\[C@@H]1C[C@H]2CC[C@@H]1C2)C12CC3CC(CC(C3)C1)C2. The van der Waals surface area contributed by atoms with Crippen LogP contribution in [0.4, 0.5) is 0 Å². The van der Waals surface area contributed by atoms with E-state index in [1.807, 2.05) is 0 Å². The molecule has 1 amide bonds. The van der Waals surface area contributed by atoms with Crippen LogP contribution in [0, 0.1) is 40.9 Å².